The Morgan fingerprint density at radius 2 is 1.76 bits per heavy atom. The molecule has 3 rings (SSSR count). The lowest BCUT2D eigenvalue weighted by Gasteiger charge is -2.21. The fourth-order valence-electron chi connectivity index (χ4n) is 3.01. The highest BCUT2D eigenvalue weighted by molar-refractivity contribution is 7.17. The molecule has 7 nitrogen and oxygen atoms in total. The van der Waals surface area contributed by atoms with Crippen LogP contribution in [0, 0.1) is 12.7 Å². The Balaban J connectivity index is 2.33. The van der Waals surface area contributed by atoms with Gasteiger partial charge in [0.1, 0.15) is 16.2 Å². The summed E-state index contributed by atoms with van der Waals surface area (Å²) < 4.78 is 19.8. The van der Waals surface area contributed by atoms with Crippen molar-refractivity contribution in [3.05, 3.63) is 56.9 Å². The predicted molar refractivity (Wildman–Crippen MR) is 107 cm³/mol. The quantitative estimate of drug-likeness (QED) is 0.612. The molecule has 0 fully saturated rings. The van der Waals surface area contributed by atoms with E-state index >= 15 is 0 Å². The van der Waals surface area contributed by atoms with Gasteiger partial charge in [0.15, 0.2) is 5.75 Å². The highest BCUT2D eigenvalue weighted by Crippen LogP contribution is 2.35. The van der Waals surface area contributed by atoms with Crippen LogP contribution in [0.4, 0.5) is 10.1 Å². The molecular weight excluding hydrogens is 399 g/mol. The van der Waals surface area contributed by atoms with E-state index in [0.717, 1.165) is 30.9 Å². The normalized spacial score (nSPS) is 10.8. The van der Waals surface area contributed by atoms with Gasteiger partial charge in [0.05, 0.1) is 11.1 Å². The lowest BCUT2D eigenvalue weighted by atomic mass is 10.1. The van der Waals surface area contributed by atoms with Crippen LogP contribution in [0.2, 0.25) is 0 Å². The molecule has 0 N–H and O–H groups in total. The molecule has 2 amide bonds. The van der Waals surface area contributed by atoms with Gasteiger partial charge in [0.2, 0.25) is 5.91 Å². The molecule has 0 unspecified atom stereocenters. The maximum atomic E-state index is 13.3. The van der Waals surface area contributed by atoms with E-state index in [9.17, 15) is 23.6 Å². The largest absolute Gasteiger partial charge is 0.425 e. The van der Waals surface area contributed by atoms with Crippen molar-refractivity contribution in [3.8, 4) is 5.75 Å². The summed E-state index contributed by atoms with van der Waals surface area (Å²) in [5.41, 5.74) is -0.367. The second-order valence-corrected chi connectivity index (χ2v) is 7.25. The number of rotatable bonds is 3. The second-order valence-electron chi connectivity index (χ2n) is 6.40. The van der Waals surface area contributed by atoms with Crippen molar-refractivity contribution in [2.75, 3.05) is 4.90 Å². The number of halogens is 1. The molecule has 0 bridgehead atoms. The van der Waals surface area contributed by atoms with Gasteiger partial charge in [-0.3, -0.25) is 19.2 Å². The topological polar surface area (TPSA) is 85.7 Å². The van der Waals surface area contributed by atoms with Gasteiger partial charge in [-0.25, -0.2) is 9.29 Å². The van der Waals surface area contributed by atoms with Gasteiger partial charge < -0.3 is 9.30 Å². The SMILES string of the molecule is CC(=O)Oc1c(C(=O)N(C(C)=O)c2ccc(F)cc2)c(=O)n(C)c2scc(C)c12. The van der Waals surface area contributed by atoms with Crippen molar-refractivity contribution in [1.82, 2.24) is 4.57 Å². The number of fused-ring (bicyclic) bond motifs is 1. The standard InChI is InChI=1S/C20H17FN2O5S/c1-10-9-29-20-15(10)17(28-12(3)25)16(18(26)22(20)4)19(27)23(11(2)24)14-7-5-13(21)6-8-14/h5-9H,1-4H3. The minimum atomic E-state index is -0.964. The maximum Gasteiger partial charge on any atom is 0.308 e. The summed E-state index contributed by atoms with van der Waals surface area (Å²) in [6.07, 6.45) is 0. The van der Waals surface area contributed by atoms with Gasteiger partial charge in [-0.2, -0.15) is 0 Å². The Labute approximate surface area is 168 Å². The van der Waals surface area contributed by atoms with Crippen LogP contribution in [0.3, 0.4) is 0 Å². The average Bonchev–Trinajstić information content (AvgIpc) is 3.02. The van der Waals surface area contributed by atoms with Crippen LogP contribution in [0.15, 0.2) is 34.4 Å². The summed E-state index contributed by atoms with van der Waals surface area (Å²) in [7, 11) is 1.49. The fourth-order valence-corrected chi connectivity index (χ4v) is 4.03. The summed E-state index contributed by atoms with van der Waals surface area (Å²) in [6, 6.07) is 4.68. The number of hydrogen-bond acceptors (Lipinski definition) is 6. The van der Waals surface area contributed by atoms with Gasteiger partial charge in [0.25, 0.3) is 11.5 Å². The summed E-state index contributed by atoms with van der Waals surface area (Å²) in [5, 5.41) is 2.21. The number of hydrogen-bond donors (Lipinski definition) is 0. The molecule has 0 atom stereocenters. The van der Waals surface area contributed by atoms with E-state index in [0.29, 0.717) is 15.8 Å². The van der Waals surface area contributed by atoms with Crippen LogP contribution in [-0.2, 0) is 16.6 Å². The number of carbonyl (C=O) groups is 3. The van der Waals surface area contributed by atoms with E-state index in [-0.39, 0.29) is 11.4 Å². The van der Waals surface area contributed by atoms with E-state index in [1.807, 2.05) is 0 Å². The molecule has 0 aliphatic carbocycles. The van der Waals surface area contributed by atoms with Gasteiger partial charge in [-0.15, -0.1) is 11.3 Å². The molecule has 29 heavy (non-hydrogen) atoms. The molecule has 0 aliphatic heterocycles. The first-order chi connectivity index (χ1) is 13.6. The maximum absolute atomic E-state index is 13.3. The molecule has 0 saturated carbocycles. The monoisotopic (exact) mass is 416 g/mol. The lowest BCUT2D eigenvalue weighted by molar-refractivity contribution is -0.131. The number of aromatic nitrogens is 1. The van der Waals surface area contributed by atoms with Crippen molar-refractivity contribution in [2.45, 2.75) is 20.8 Å². The third-order valence-electron chi connectivity index (χ3n) is 4.30. The summed E-state index contributed by atoms with van der Waals surface area (Å²) >= 11 is 1.27. The number of imide groups is 1. The lowest BCUT2D eigenvalue weighted by Crippen LogP contribution is -2.40. The van der Waals surface area contributed by atoms with E-state index in [1.165, 1.54) is 35.1 Å². The molecule has 3 aromatic rings. The first-order valence-electron chi connectivity index (χ1n) is 8.53. The molecule has 150 valence electrons. The minimum absolute atomic E-state index is 0.0851. The van der Waals surface area contributed by atoms with Crippen LogP contribution in [-0.4, -0.2) is 22.4 Å². The Kier molecular flexibility index (Phi) is 5.34. The number of pyridine rings is 1. The molecule has 0 aliphatic rings. The van der Waals surface area contributed by atoms with E-state index in [4.69, 9.17) is 4.74 Å². The number of thiophene rings is 1. The first-order valence-corrected chi connectivity index (χ1v) is 9.41. The van der Waals surface area contributed by atoms with Crippen molar-refractivity contribution in [1.29, 1.82) is 0 Å². The highest BCUT2D eigenvalue weighted by Gasteiger charge is 2.31. The summed E-state index contributed by atoms with van der Waals surface area (Å²) in [5.74, 6) is -3.09. The zero-order chi connectivity index (χ0) is 21.5. The zero-order valence-electron chi connectivity index (χ0n) is 16.1. The van der Waals surface area contributed by atoms with Gasteiger partial charge in [0, 0.05) is 20.9 Å². The van der Waals surface area contributed by atoms with Gasteiger partial charge in [-0.05, 0) is 42.1 Å². The highest BCUT2D eigenvalue weighted by atomic mass is 32.1. The van der Waals surface area contributed by atoms with Crippen LogP contribution < -0.4 is 15.2 Å². The fraction of sp³-hybridized carbons (Fsp3) is 0.200. The number of amides is 2. The Morgan fingerprint density at radius 3 is 2.31 bits per heavy atom. The summed E-state index contributed by atoms with van der Waals surface area (Å²) in [6.45, 7) is 4.06. The van der Waals surface area contributed by atoms with Gasteiger partial charge >= 0.3 is 5.97 Å². The van der Waals surface area contributed by atoms with E-state index in [2.05, 4.69) is 0 Å². The molecule has 0 saturated heterocycles. The van der Waals surface area contributed by atoms with E-state index < -0.39 is 34.7 Å². The number of carbonyl (C=O) groups excluding carboxylic acids is 3. The summed E-state index contributed by atoms with van der Waals surface area (Å²) in [4.78, 5) is 51.6. The molecule has 2 aromatic heterocycles. The van der Waals surface area contributed by atoms with Crippen molar-refractivity contribution < 1.29 is 23.5 Å². The number of benzene rings is 1. The molecule has 0 spiro atoms. The van der Waals surface area contributed by atoms with Crippen LogP contribution in [0.25, 0.3) is 10.2 Å². The zero-order valence-corrected chi connectivity index (χ0v) is 16.9. The first kappa shape index (κ1) is 20.4. The van der Waals surface area contributed by atoms with Crippen molar-refractivity contribution in [2.24, 2.45) is 7.05 Å². The third-order valence-corrected chi connectivity index (χ3v) is 5.47. The third kappa shape index (κ3) is 3.56. The molecule has 2 heterocycles. The van der Waals surface area contributed by atoms with Crippen molar-refractivity contribution in [3.63, 3.8) is 0 Å². The van der Waals surface area contributed by atoms with Crippen LogP contribution in [0.1, 0.15) is 29.8 Å². The van der Waals surface area contributed by atoms with E-state index in [1.54, 1.807) is 12.3 Å². The Hall–Kier alpha value is -3.33. The van der Waals surface area contributed by atoms with Crippen molar-refractivity contribution >= 4 is 45.0 Å². The Morgan fingerprint density at radius 1 is 1.14 bits per heavy atom. The number of ether oxygens (including phenoxy) is 1. The van der Waals surface area contributed by atoms with Gasteiger partial charge in [-0.1, -0.05) is 0 Å². The second kappa shape index (κ2) is 7.59. The number of aryl methyl sites for hydroxylation is 2. The number of esters is 1. The van der Waals surface area contributed by atoms with Crippen LogP contribution >= 0.6 is 11.3 Å². The molecular formula is C20H17FN2O5S. The minimum Gasteiger partial charge on any atom is -0.425 e. The average molecular weight is 416 g/mol. The molecule has 0 radical (unpaired) electrons. The number of nitrogens with zero attached hydrogens (tertiary/aromatic N) is 2. The molecule has 9 heteroatoms. The smallest absolute Gasteiger partial charge is 0.308 e. The predicted octanol–water partition coefficient (Wildman–Crippen LogP) is 3.17. The number of anilines is 1. The van der Waals surface area contributed by atoms with Crippen LogP contribution in [0.5, 0.6) is 5.75 Å². The molecule has 1 aromatic carbocycles. The Bertz CT molecular complexity index is 1210.